The molecule has 0 unspecified atom stereocenters. The lowest BCUT2D eigenvalue weighted by molar-refractivity contribution is -0.0181. The van der Waals surface area contributed by atoms with Crippen LogP contribution in [0.1, 0.15) is 84.8 Å². The van der Waals surface area contributed by atoms with Gasteiger partial charge in [0.15, 0.2) is 0 Å². The zero-order valence-electron chi connectivity index (χ0n) is 24.0. The van der Waals surface area contributed by atoms with Crippen LogP contribution in [-0.4, -0.2) is 63.8 Å². The molecule has 2 fully saturated rings. The zero-order valence-corrected chi connectivity index (χ0v) is 24.0. The maximum absolute atomic E-state index is 12.6. The van der Waals surface area contributed by atoms with Crippen molar-refractivity contribution in [1.82, 2.24) is 15.1 Å². The van der Waals surface area contributed by atoms with E-state index in [0.717, 1.165) is 54.7 Å². The van der Waals surface area contributed by atoms with Gasteiger partial charge in [-0.3, -0.25) is 0 Å². The van der Waals surface area contributed by atoms with E-state index in [-0.39, 0.29) is 18.6 Å². The van der Waals surface area contributed by atoms with Crippen molar-refractivity contribution in [1.29, 1.82) is 0 Å². The summed E-state index contributed by atoms with van der Waals surface area (Å²) < 4.78 is 17.8. The van der Waals surface area contributed by atoms with Crippen LogP contribution in [-0.2, 0) is 11.2 Å². The van der Waals surface area contributed by atoms with Gasteiger partial charge in [0, 0.05) is 30.6 Å². The van der Waals surface area contributed by atoms with Crippen LogP contribution in [0.25, 0.3) is 11.1 Å². The predicted octanol–water partition coefficient (Wildman–Crippen LogP) is 6.19. The highest BCUT2D eigenvalue weighted by Gasteiger charge is 2.33. The number of aliphatic hydroxyl groups excluding tert-OH is 1. The highest BCUT2D eigenvalue weighted by molar-refractivity contribution is 5.68. The molecular formula is C31H45N3O5. The highest BCUT2D eigenvalue weighted by atomic mass is 16.6. The van der Waals surface area contributed by atoms with Crippen LogP contribution >= 0.6 is 0 Å². The summed E-state index contributed by atoms with van der Waals surface area (Å²) in [6, 6.07) is 10.2. The number of nitrogens with zero attached hydrogens (tertiary/aromatic N) is 3. The molecule has 0 spiro atoms. The molecule has 0 bridgehead atoms. The van der Waals surface area contributed by atoms with Crippen molar-refractivity contribution in [3.63, 3.8) is 0 Å². The number of benzene rings is 1. The van der Waals surface area contributed by atoms with Crippen LogP contribution in [0.15, 0.2) is 30.3 Å². The molecule has 1 aliphatic heterocycles. The van der Waals surface area contributed by atoms with Gasteiger partial charge in [0.25, 0.3) is 0 Å². The van der Waals surface area contributed by atoms with Crippen molar-refractivity contribution >= 4 is 6.09 Å². The number of aliphatic hydroxyl groups is 1. The molecule has 39 heavy (non-hydrogen) atoms. The predicted molar refractivity (Wildman–Crippen MR) is 151 cm³/mol. The summed E-state index contributed by atoms with van der Waals surface area (Å²) in [6.45, 7) is 8.78. The Labute approximate surface area is 233 Å². The van der Waals surface area contributed by atoms with Crippen LogP contribution < -0.4 is 9.47 Å². The molecule has 2 atom stereocenters. The Balaban J connectivity index is 1.44. The van der Waals surface area contributed by atoms with E-state index in [1.54, 1.807) is 4.90 Å². The van der Waals surface area contributed by atoms with Crippen LogP contribution in [0.5, 0.6) is 11.6 Å². The van der Waals surface area contributed by atoms with Crippen molar-refractivity contribution in [3.8, 4) is 22.8 Å². The Hall–Kier alpha value is -2.87. The largest absolute Gasteiger partial charge is 0.490 e. The van der Waals surface area contributed by atoms with E-state index in [9.17, 15) is 9.90 Å². The molecule has 214 valence electrons. The number of likely N-dealkylation sites (tertiary alicyclic amines) is 1. The average molecular weight is 540 g/mol. The summed E-state index contributed by atoms with van der Waals surface area (Å²) >= 11 is 0. The van der Waals surface area contributed by atoms with E-state index in [4.69, 9.17) is 14.2 Å². The molecule has 8 nitrogen and oxygen atoms in total. The number of hydrogen-bond donors (Lipinski definition) is 1. The van der Waals surface area contributed by atoms with Gasteiger partial charge in [-0.1, -0.05) is 31.9 Å². The first kappa shape index (κ1) is 29.1. The van der Waals surface area contributed by atoms with E-state index in [0.29, 0.717) is 31.5 Å². The molecule has 2 heterocycles. The molecule has 1 amide bonds. The minimum atomic E-state index is -0.565. The van der Waals surface area contributed by atoms with Crippen LogP contribution in [0, 0.1) is 5.92 Å². The third kappa shape index (κ3) is 8.56. The second-order valence-corrected chi connectivity index (χ2v) is 11.9. The van der Waals surface area contributed by atoms with Crippen molar-refractivity contribution in [2.75, 3.05) is 19.7 Å². The topological polar surface area (TPSA) is 94.0 Å². The number of piperidine rings is 1. The van der Waals surface area contributed by atoms with Gasteiger partial charge < -0.3 is 24.2 Å². The van der Waals surface area contributed by atoms with Crippen LogP contribution in [0.2, 0.25) is 0 Å². The molecule has 1 aromatic heterocycles. The van der Waals surface area contributed by atoms with Gasteiger partial charge >= 0.3 is 6.09 Å². The first-order valence-electron chi connectivity index (χ1n) is 14.6. The summed E-state index contributed by atoms with van der Waals surface area (Å²) in [6.07, 6.45) is 8.86. The number of aromatic nitrogens is 2. The number of carbonyl (C=O) groups is 1. The Morgan fingerprint density at radius 1 is 1.08 bits per heavy atom. The summed E-state index contributed by atoms with van der Waals surface area (Å²) in [5.74, 6) is 1.07. The van der Waals surface area contributed by atoms with Gasteiger partial charge in [-0.15, -0.1) is 5.10 Å². The number of amides is 1. The van der Waals surface area contributed by atoms with Gasteiger partial charge in [0.1, 0.15) is 11.4 Å². The van der Waals surface area contributed by atoms with E-state index < -0.39 is 11.7 Å². The Bertz CT molecular complexity index is 1060. The maximum Gasteiger partial charge on any atom is 0.410 e. The second-order valence-electron chi connectivity index (χ2n) is 11.9. The minimum absolute atomic E-state index is 0.233. The number of hydrogen-bond acceptors (Lipinski definition) is 7. The summed E-state index contributed by atoms with van der Waals surface area (Å²) in [5.41, 5.74) is 2.42. The SMILES string of the molecule is CCCCc1nnc(OC[C@H]2CN(C(=O)OC(C)(C)C)CC[C@H]2O)cc1-c1ccc(OC2CCCCC2)cc1. The smallest absolute Gasteiger partial charge is 0.410 e. The van der Waals surface area contributed by atoms with Crippen molar-refractivity contribution in [2.24, 2.45) is 5.92 Å². The number of rotatable bonds is 9. The third-order valence-electron chi connectivity index (χ3n) is 7.43. The Morgan fingerprint density at radius 2 is 1.82 bits per heavy atom. The fourth-order valence-corrected chi connectivity index (χ4v) is 5.21. The number of carbonyl (C=O) groups excluding carboxylic acids is 1. The van der Waals surface area contributed by atoms with E-state index in [2.05, 4.69) is 29.3 Å². The Morgan fingerprint density at radius 3 is 2.51 bits per heavy atom. The lowest BCUT2D eigenvalue weighted by Crippen LogP contribution is -2.49. The quantitative estimate of drug-likeness (QED) is 0.406. The first-order chi connectivity index (χ1) is 18.7. The van der Waals surface area contributed by atoms with Crippen LogP contribution in [0.4, 0.5) is 4.79 Å². The minimum Gasteiger partial charge on any atom is -0.490 e. The number of aryl methyl sites for hydroxylation is 1. The third-order valence-corrected chi connectivity index (χ3v) is 7.43. The Kier molecular flexibility index (Phi) is 10.1. The highest BCUT2D eigenvalue weighted by Crippen LogP contribution is 2.30. The molecular weight excluding hydrogens is 494 g/mol. The van der Waals surface area contributed by atoms with Gasteiger partial charge in [-0.2, -0.15) is 5.10 Å². The molecule has 1 aliphatic carbocycles. The maximum atomic E-state index is 12.6. The molecule has 1 N–H and O–H groups in total. The van der Waals surface area contributed by atoms with Gasteiger partial charge in [-0.25, -0.2) is 4.79 Å². The van der Waals surface area contributed by atoms with Gasteiger partial charge in [0.2, 0.25) is 5.88 Å². The lowest BCUT2D eigenvalue weighted by atomic mass is 9.96. The molecule has 0 radical (unpaired) electrons. The van der Waals surface area contributed by atoms with E-state index >= 15 is 0 Å². The molecule has 8 heteroatoms. The number of unbranched alkanes of at least 4 members (excludes halogenated alkanes) is 1. The van der Waals surface area contributed by atoms with Crippen LogP contribution in [0.3, 0.4) is 0 Å². The normalized spacial score (nSPS) is 20.5. The van der Waals surface area contributed by atoms with E-state index in [1.165, 1.54) is 19.3 Å². The molecule has 1 saturated carbocycles. The fraction of sp³-hybridized carbons (Fsp3) is 0.645. The molecule has 4 rings (SSSR count). The fourth-order valence-electron chi connectivity index (χ4n) is 5.21. The van der Waals surface area contributed by atoms with Gasteiger partial charge in [0.05, 0.1) is 24.5 Å². The monoisotopic (exact) mass is 539 g/mol. The standard InChI is InChI=1S/C31H45N3O5/c1-5-6-12-27-26(22-13-15-25(16-14-22)38-24-10-8-7-9-11-24)19-29(33-32-27)37-21-23-20-34(18-17-28(23)35)30(36)39-31(2,3)4/h13-16,19,23-24,28,35H,5-12,17-18,20-21H2,1-4H3/t23-,28-/m1/s1. The summed E-state index contributed by atoms with van der Waals surface area (Å²) in [7, 11) is 0. The first-order valence-corrected chi connectivity index (χ1v) is 14.6. The van der Waals surface area contributed by atoms with E-state index in [1.807, 2.05) is 39.0 Å². The molecule has 2 aromatic rings. The second kappa shape index (κ2) is 13.5. The molecule has 1 aromatic carbocycles. The molecule has 2 aliphatic rings. The summed E-state index contributed by atoms with van der Waals surface area (Å²) in [4.78, 5) is 14.2. The average Bonchev–Trinajstić information content (AvgIpc) is 2.92. The van der Waals surface area contributed by atoms with Crippen molar-refractivity contribution in [3.05, 3.63) is 36.0 Å². The molecule has 1 saturated heterocycles. The van der Waals surface area contributed by atoms with Crippen molar-refractivity contribution < 1.29 is 24.1 Å². The van der Waals surface area contributed by atoms with Gasteiger partial charge in [-0.05, 0) is 83.4 Å². The lowest BCUT2D eigenvalue weighted by Gasteiger charge is -2.36. The summed E-state index contributed by atoms with van der Waals surface area (Å²) in [5, 5.41) is 19.5. The van der Waals surface area contributed by atoms with Crippen molar-refractivity contribution in [2.45, 2.75) is 103 Å². The zero-order chi connectivity index (χ0) is 27.8. The number of ether oxygens (including phenoxy) is 3.